The summed E-state index contributed by atoms with van der Waals surface area (Å²) in [4.78, 5) is 21.6. The second-order valence-electron chi connectivity index (χ2n) is 4.34. The summed E-state index contributed by atoms with van der Waals surface area (Å²) in [6, 6.07) is 0. The van der Waals surface area contributed by atoms with Gasteiger partial charge in [-0.2, -0.15) is 11.8 Å². The number of rotatable bonds is 8. The number of carbonyl (C=O) groups is 2. The third-order valence-electron chi connectivity index (χ3n) is 2.31. The fraction of sp³-hybridized carbons (Fsp3) is 0.818. The largest absolute Gasteiger partial charge is 0.481 e. The molecular weight excluding hydrogens is 226 g/mol. The Kier molecular flexibility index (Phi) is 7.21. The average molecular weight is 247 g/mol. The van der Waals surface area contributed by atoms with Gasteiger partial charge in [0.2, 0.25) is 5.91 Å². The predicted octanol–water partition coefficient (Wildman–Crippen LogP) is 1.89. The van der Waals surface area contributed by atoms with Gasteiger partial charge >= 0.3 is 5.97 Å². The van der Waals surface area contributed by atoms with E-state index in [9.17, 15) is 9.59 Å². The molecule has 2 N–H and O–H groups in total. The van der Waals surface area contributed by atoms with Crippen LogP contribution >= 0.6 is 11.8 Å². The summed E-state index contributed by atoms with van der Waals surface area (Å²) >= 11 is 1.71. The molecule has 0 saturated heterocycles. The number of hydrogen-bond acceptors (Lipinski definition) is 3. The second-order valence-corrected chi connectivity index (χ2v) is 5.85. The van der Waals surface area contributed by atoms with E-state index in [4.69, 9.17) is 5.11 Å². The van der Waals surface area contributed by atoms with E-state index in [-0.39, 0.29) is 17.1 Å². The molecule has 16 heavy (non-hydrogen) atoms. The van der Waals surface area contributed by atoms with Crippen LogP contribution in [0.4, 0.5) is 0 Å². The summed E-state index contributed by atoms with van der Waals surface area (Å²) in [6.45, 7) is 4.79. The Bertz CT molecular complexity index is 241. The zero-order valence-corrected chi connectivity index (χ0v) is 11.0. The maximum absolute atomic E-state index is 11.4. The van der Waals surface area contributed by atoms with Crippen LogP contribution in [0.2, 0.25) is 0 Å². The molecule has 1 amide bonds. The molecule has 0 spiro atoms. The van der Waals surface area contributed by atoms with Gasteiger partial charge in [0, 0.05) is 24.1 Å². The van der Waals surface area contributed by atoms with Crippen molar-refractivity contribution in [1.82, 2.24) is 5.32 Å². The first-order valence-corrected chi connectivity index (χ1v) is 6.63. The van der Waals surface area contributed by atoms with Crippen LogP contribution in [0.3, 0.4) is 0 Å². The highest BCUT2D eigenvalue weighted by Crippen LogP contribution is 2.19. The minimum atomic E-state index is -0.802. The van der Waals surface area contributed by atoms with Gasteiger partial charge < -0.3 is 10.4 Å². The number of thioether (sulfide) groups is 1. The van der Waals surface area contributed by atoms with Crippen LogP contribution < -0.4 is 5.32 Å². The Labute approximate surface area is 101 Å². The molecule has 0 aromatic rings. The Morgan fingerprint density at radius 2 is 1.81 bits per heavy atom. The molecule has 0 heterocycles. The van der Waals surface area contributed by atoms with Crippen molar-refractivity contribution in [3.8, 4) is 0 Å². The molecule has 5 heteroatoms. The topological polar surface area (TPSA) is 66.4 Å². The van der Waals surface area contributed by atoms with Gasteiger partial charge in [0.1, 0.15) is 0 Å². The van der Waals surface area contributed by atoms with Crippen molar-refractivity contribution < 1.29 is 14.7 Å². The van der Waals surface area contributed by atoms with Gasteiger partial charge in [0.05, 0.1) is 0 Å². The van der Waals surface area contributed by atoms with Crippen molar-refractivity contribution in [2.45, 2.75) is 44.3 Å². The smallest absolute Gasteiger partial charge is 0.303 e. The number of hydrogen-bond donors (Lipinski definition) is 2. The van der Waals surface area contributed by atoms with Gasteiger partial charge in [0.15, 0.2) is 0 Å². The van der Waals surface area contributed by atoms with Gasteiger partial charge in [-0.15, -0.1) is 0 Å². The maximum Gasteiger partial charge on any atom is 0.303 e. The summed E-state index contributed by atoms with van der Waals surface area (Å²) in [6.07, 6.45) is 3.77. The number of nitrogens with one attached hydrogen (secondary N) is 1. The maximum atomic E-state index is 11.4. The van der Waals surface area contributed by atoms with Crippen LogP contribution in [0.1, 0.15) is 39.5 Å². The molecule has 0 aromatic carbocycles. The van der Waals surface area contributed by atoms with Crippen LogP contribution in [0.15, 0.2) is 0 Å². The number of carboxylic acid groups (broad SMARTS) is 1. The first-order chi connectivity index (χ1) is 7.37. The summed E-state index contributed by atoms with van der Waals surface area (Å²) < 4.78 is 0.0523. The van der Waals surface area contributed by atoms with E-state index in [0.29, 0.717) is 25.8 Å². The Balaban J connectivity index is 3.56. The molecular formula is C11H21NO3S. The summed E-state index contributed by atoms with van der Waals surface area (Å²) in [5.41, 5.74) is 0. The molecule has 0 saturated carbocycles. The fourth-order valence-electron chi connectivity index (χ4n) is 1.03. The van der Waals surface area contributed by atoms with Crippen molar-refractivity contribution in [3.05, 3.63) is 0 Å². The lowest BCUT2D eigenvalue weighted by molar-refractivity contribution is -0.137. The van der Waals surface area contributed by atoms with Crippen LogP contribution in [-0.4, -0.2) is 34.5 Å². The van der Waals surface area contributed by atoms with E-state index in [1.165, 1.54) is 0 Å². The van der Waals surface area contributed by atoms with Gasteiger partial charge in [-0.3, -0.25) is 9.59 Å². The monoisotopic (exact) mass is 247 g/mol. The van der Waals surface area contributed by atoms with Gasteiger partial charge in [-0.25, -0.2) is 0 Å². The normalized spacial score (nSPS) is 11.2. The molecule has 0 aliphatic heterocycles. The first kappa shape index (κ1) is 15.3. The number of carbonyl (C=O) groups excluding carboxylic acids is 1. The average Bonchev–Trinajstić information content (AvgIpc) is 2.21. The minimum absolute atomic E-state index is 0.00696. The summed E-state index contributed by atoms with van der Waals surface area (Å²) in [5, 5.41) is 11.3. The lowest BCUT2D eigenvalue weighted by Gasteiger charge is -2.22. The van der Waals surface area contributed by atoms with E-state index in [2.05, 4.69) is 19.2 Å². The number of aliphatic carboxylic acids is 1. The molecule has 4 nitrogen and oxygen atoms in total. The molecule has 0 bridgehead atoms. The number of unbranched alkanes of at least 4 members (excludes halogenated alkanes) is 1. The van der Waals surface area contributed by atoms with Crippen molar-refractivity contribution in [1.29, 1.82) is 0 Å². The second kappa shape index (κ2) is 7.54. The molecule has 0 unspecified atom stereocenters. The van der Waals surface area contributed by atoms with Crippen LogP contribution in [-0.2, 0) is 9.59 Å². The van der Waals surface area contributed by atoms with Crippen LogP contribution in [0.5, 0.6) is 0 Å². The summed E-state index contributed by atoms with van der Waals surface area (Å²) in [5.74, 6) is -0.795. The SMILES string of the molecule is CSC(C)(C)CNC(=O)CCCCC(=O)O. The molecule has 0 fully saturated rings. The Hall–Kier alpha value is -0.710. The molecule has 0 aliphatic carbocycles. The molecule has 0 atom stereocenters. The highest BCUT2D eigenvalue weighted by atomic mass is 32.2. The standard InChI is InChI=1S/C11H21NO3S/c1-11(2,16-3)8-12-9(13)6-4-5-7-10(14)15/h4-8H2,1-3H3,(H,12,13)(H,14,15). The Morgan fingerprint density at radius 1 is 1.25 bits per heavy atom. The quantitative estimate of drug-likeness (QED) is 0.643. The van der Waals surface area contributed by atoms with E-state index < -0.39 is 5.97 Å². The van der Waals surface area contributed by atoms with E-state index >= 15 is 0 Å². The van der Waals surface area contributed by atoms with Gasteiger partial charge in [-0.1, -0.05) is 0 Å². The van der Waals surface area contributed by atoms with E-state index in [1.54, 1.807) is 11.8 Å². The van der Waals surface area contributed by atoms with Crippen molar-refractivity contribution in [2.75, 3.05) is 12.8 Å². The zero-order valence-electron chi connectivity index (χ0n) is 10.2. The highest BCUT2D eigenvalue weighted by molar-refractivity contribution is 7.99. The molecule has 0 aliphatic rings. The Morgan fingerprint density at radius 3 is 2.31 bits per heavy atom. The lowest BCUT2D eigenvalue weighted by Crippen LogP contribution is -2.35. The zero-order chi connectivity index (χ0) is 12.6. The summed E-state index contributed by atoms with van der Waals surface area (Å²) in [7, 11) is 0. The van der Waals surface area contributed by atoms with Crippen molar-refractivity contribution in [3.63, 3.8) is 0 Å². The van der Waals surface area contributed by atoms with Crippen LogP contribution in [0.25, 0.3) is 0 Å². The third-order valence-corrected chi connectivity index (χ3v) is 3.56. The number of amides is 1. The van der Waals surface area contributed by atoms with E-state index in [0.717, 1.165) is 0 Å². The molecule has 94 valence electrons. The van der Waals surface area contributed by atoms with Gasteiger partial charge in [-0.05, 0) is 32.9 Å². The first-order valence-electron chi connectivity index (χ1n) is 5.41. The predicted molar refractivity (Wildman–Crippen MR) is 66.7 cm³/mol. The number of carboxylic acids is 1. The molecule has 0 radical (unpaired) electrons. The van der Waals surface area contributed by atoms with Gasteiger partial charge in [0.25, 0.3) is 0 Å². The lowest BCUT2D eigenvalue weighted by atomic mass is 10.1. The van der Waals surface area contributed by atoms with Crippen molar-refractivity contribution in [2.24, 2.45) is 0 Å². The minimum Gasteiger partial charge on any atom is -0.481 e. The third kappa shape index (κ3) is 8.59. The highest BCUT2D eigenvalue weighted by Gasteiger charge is 2.16. The van der Waals surface area contributed by atoms with Crippen LogP contribution in [0, 0.1) is 0 Å². The molecule has 0 rings (SSSR count). The van der Waals surface area contributed by atoms with Crippen molar-refractivity contribution >= 4 is 23.6 Å². The fourth-order valence-corrected chi connectivity index (χ4v) is 1.25. The van der Waals surface area contributed by atoms with E-state index in [1.807, 2.05) is 6.26 Å². The molecule has 0 aromatic heterocycles.